The summed E-state index contributed by atoms with van der Waals surface area (Å²) in [6.07, 6.45) is -0.366. The molecule has 31 heavy (non-hydrogen) atoms. The predicted octanol–water partition coefficient (Wildman–Crippen LogP) is 3.82. The van der Waals surface area contributed by atoms with E-state index in [0.29, 0.717) is 23.7 Å². The van der Waals surface area contributed by atoms with Crippen molar-refractivity contribution < 1.29 is 24.9 Å². The highest BCUT2D eigenvalue weighted by Crippen LogP contribution is 2.39. The zero-order valence-electron chi connectivity index (χ0n) is 17.1. The van der Waals surface area contributed by atoms with E-state index >= 15 is 0 Å². The Morgan fingerprint density at radius 3 is 2.58 bits per heavy atom. The van der Waals surface area contributed by atoms with Gasteiger partial charge in [0, 0.05) is 33.6 Å². The third kappa shape index (κ3) is 4.08. The Balaban J connectivity index is 1.67. The number of hydrogen-bond acceptors (Lipinski definition) is 4. The summed E-state index contributed by atoms with van der Waals surface area (Å²) in [7, 11) is 0. The van der Waals surface area contributed by atoms with Gasteiger partial charge in [0.2, 0.25) is 0 Å². The quantitative estimate of drug-likeness (QED) is 0.462. The molecule has 1 unspecified atom stereocenters. The minimum absolute atomic E-state index is 0.164. The highest BCUT2D eigenvalue weighted by molar-refractivity contribution is 6.31. The molecule has 0 aliphatic carbocycles. The van der Waals surface area contributed by atoms with Gasteiger partial charge in [-0.2, -0.15) is 0 Å². The van der Waals surface area contributed by atoms with Gasteiger partial charge in [-0.05, 0) is 47.9 Å². The van der Waals surface area contributed by atoms with E-state index in [2.05, 4.69) is 4.98 Å². The van der Waals surface area contributed by atoms with Crippen molar-refractivity contribution in [2.24, 2.45) is 5.41 Å². The number of nitrogens with zero attached hydrogens (tertiary/aromatic N) is 1. The van der Waals surface area contributed by atoms with Crippen LogP contribution in [0.1, 0.15) is 29.8 Å². The molecule has 1 amide bonds. The van der Waals surface area contributed by atoms with Gasteiger partial charge in [-0.15, -0.1) is 0 Å². The highest BCUT2D eigenvalue weighted by atomic mass is 35.5. The first-order valence-electron chi connectivity index (χ1n) is 10.1. The van der Waals surface area contributed by atoms with Crippen LogP contribution >= 0.6 is 11.6 Å². The van der Waals surface area contributed by atoms with Crippen LogP contribution in [0, 0.1) is 5.41 Å². The molecule has 0 spiro atoms. The van der Waals surface area contributed by atoms with Crippen molar-refractivity contribution in [2.45, 2.75) is 19.4 Å². The number of aromatic nitrogens is 1. The summed E-state index contributed by atoms with van der Waals surface area (Å²) in [4.78, 5) is 16.8. The molecule has 3 aromatic rings. The Labute approximate surface area is 184 Å². The first-order valence-corrected chi connectivity index (χ1v) is 10.5. The summed E-state index contributed by atoms with van der Waals surface area (Å²) in [6.45, 7) is 1.90. The summed E-state index contributed by atoms with van der Waals surface area (Å²) < 4.78 is 5.73. The molecule has 0 radical (unpaired) electrons. The number of amides is 1. The number of aliphatic hydroxyl groups is 2. The fourth-order valence-electron chi connectivity index (χ4n) is 3.96. The van der Waals surface area contributed by atoms with Crippen LogP contribution in [0.5, 0.6) is 5.75 Å². The van der Waals surface area contributed by atoms with Crippen LogP contribution in [0.25, 0.3) is 10.9 Å². The standard InChI is InChI=1S/C23H25ClN2O5/c1-23(11-27,12-28)13-31-16-5-2-14(3-6-16)21-20-17(8-9-26(21)22(29)30)18-10-15(24)4-7-19(18)25-20/h2-7,10,21,25,27-28H,8-9,11-13H2,1H3,(H,29,30). The van der Waals surface area contributed by atoms with Crippen LogP contribution in [0.4, 0.5) is 4.79 Å². The molecule has 1 aliphatic heterocycles. The van der Waals surface area contributed by atoms with Crippen LogP contribution in [-0.2, 0) is 6.42 Å². The van der Waals surface area contributed by atoms with Gasteiger partial charge in [0.05, 0.1) is 19.8 Å². The fourth-order valence-corrected chi connectivity index (χ4v) is 4.13. The van der Waals surface area contributed by atoms with Crippen molar-refractivity contribution in [1.82, 2.24) is 9.88 Å². The number of hydrogen-bond donors (Lipinski definition) is 4. The Morgan fingerprint density at radius 2 is 1.94 bits per heavy atom. The van der Waals surface area contributed by atoms with Crippen molar-refractivity contribution in [3.8, 4) is 5.75 Å². The Kier molecular flexibility index (Phi) is 5.83. The Hall–Kier alpha value is -2.74. The maximum atomic E-state index is 12.0. The molecule has 164 valence electrons. The van der Waals surface area contributed by atoms with Crippen LogP contribution in [0.3, 0.4) is 0 Å². The van der Waals surface area contributed by atoms with Crippen LogP contribution < -0.4 is 4.74 Å². The van der Waals surface area contributed by atoms with Crippen molar-refractivity contribution in [1.29, 1.82) is 0 Å². The Morgan fingerprint density at radius 1 is 1.23 bits per heavy atom. The van der Waals surface area contributed by atoms with Gasteiger partial charge >= 0.3 is 6.09 Å². The van der Waals surface area contributed by atoms with Gasteiger partial charge in [-0.3, -0.25) is 4.90 Å². The molecule has 4 N–H and O–H groups in total. The second kappa shape index (κ2) is 8.42. The summed E-state index contributed by atoms with van der Waals surface area (Å²) in [5.74, 6) is 0.582. The number of carbonyl (C=O) groups is 1. The molecule has 1 atom stereocenters. The normalized spacial score (nSPS) is 16.4. The minimum Gasteiger partial charge on any atom is -0.493 e. The molecule has 8 heteroatoms. The molecule has 4 rings (SSSR count). The molecule has 0 saturated heterocycles. The molecule has 0 fully saturated rings. The Bertz CT molecular complexity index is 1090. The summed E-state index contributed by atoms with van der Waals surface area (Å²) in [5, 5.41) is 30.3. The summed E-state index contributed by atoms with van der Waals surface area (Å²) >= 11 is 6.19. The average Bonchev–Trinajstić information content (AvgIpc) is 3.15. The monoisotopic (exact) mass is 444 g/mol. The number of nitrogens with one attached hydrogen (secondary N) is 1. The molecular weight excluding hydrogens is 420 g/mol. The topological polar surface area (TPSA) is 106 Å². The van der Waals surface area contributed by atoms with Gasteiger partial charge in [0.1, 0.15) is 11.8 Å². The zero-order chi connectivity index (χ0) is 22.2. The number of fused-ring (bicyclic) bond motifs is 3. The van der Waals surface area contributed by atoms with Gasteiger partial charge in [-0.1, -0.05) is 30.7 Å². The highest BCUT2D eigenvalue weighted by Gasteiger charge is 2.34. The average molecular weight is 445 g/mol. The SMILES string of the molecule is CC(CO)(CO)COc1ccc(C2c3[nH]c4ccc(Cl)cc4c3CCN2C(=O)O)cc1. The molecule has 0 bridgehead atoms. The first-order chi connectivity index (χ1) is 14.8. The summed E-state index contributed by atoms with van der Waals surface area (Å²) in [5.41, 5.74) is 2.96. The number of H-pyrrole nitrogens is 1. The smallest absolute Gasteiger partial charge is 0.408 e. The molecule has 7 nitrogen and oxygen atoms in total. The zero-order valence-corrected chi connectivity index (χ0v) is 17.9. The maximum Gasteiger partial charge on any atom is 0.408 e. The van der Waals surface area contributed by atoms with E-state index in [1.54, 1.807) is 19.1 Å². The van der Waals surface area contributed by atoms with Gasteiger partial charge in [0.25, 0.3) is 0 Å². The van der Waals surface area contributed by atoms with E-state index in [1.165, 1.54) is 4.90 Å². The molecule has 2 aromatic carbocycles. The van der Waals surface area contributed by atoms with E-state index in [1.807, 2.05) is 30.3 Å². The van der Waals surface area contributed by atoms with Gasteiger partial charge in [-0.25, -0.2) is 4.79 Å². The summed E-state index contributed by atoms with van der Waals surface area (Å²) in [6, 6.07) is 12.4. The maximum absolute atomic E-state index is 12.0. The lowest BCUT2D eigenvalue weighted by Gasteiger charge is -2.34. The number of carboxylic acid groups (broad SMARTS) is 1. The van der Waals surface area contributed by atoms with Crippen LogP contribution in [-0.4, -0.2) is 57.7 Å². The number of aromatic amines is 1. The molecule has 1 aliphatic rings. The van der Waals surface area contributed by atoms with E-state index in [9.17, 15) is 20.1 Å². The number of ether oxygens (including phenoxy) is 1. The van der Waals surface area contributed by atoms with E-state index in [0.717, 1.165) is 27.7 Å². The second-order valence-electron chi connectivity index (χ2n) is 8.32. The predicted molar refractivity (Wildman–Crippen MR) is 118 cm³/mol. The molecule has 1 aromatic heterocycles. The number of rotatable bonds is 6. The second-order valence-corrected chi connectivity index (χ2v) is 8.76. The molecular formula is C23H25ClN2O5. The third-order valence-electron chi connectivity index (χ3n) is 5.88. The lowest BCUT2D eigenvalue weighted by atomic mass is 9.92. The fraction of sp³-hybridized carbons (Fsp3) is 0.348. The molecule has 2 heterocycles. The van der Waals surface area contributed by atoms with Crippen molar-refractivity contribution in [2.75, 3.05) is 26.4 Å². The minimum atomic E-state index is -0.977. The number of benzene rings is 2. The van der Waals surface area contributed by atoms with Crippen LogP contribution in [0.2, 0.25) is 5.02 Å². The van der Waals surface area contributed by atoms with Gasteiger partial charge in [0.15, 0.2) is 0 Å². The molecule has 0 saturated carbocycles. The number of aliphatic hydroxyl groups excluding tert-OH is 2. The van der Waals surface area contributed by atoms with Gasteiger partial charge < -0.3 is 25.0 Å². The third-order valence-corrected chi connectivity index (χ3v) is 6.12. The van der Waals surface area contributed by atoms with E-state index < -0.39 is 17.6 Å². The number of halogens is 1. The van der Waals surface area contributed by atoms with Crippen LogP contribution in [0.15, 0.2) is 42.5 Å². The van der Waals surface area contributed by atoms with Crippen molar-refractivity contribution in [3.05, 3.63) is 64.3 Å². The van der Waals surface area contributed by atoms with Crippen molar-refractivity contribution in [3.63, 3.8) is 0 Å². The van der Waals surface area contributed by atoms with E-state index in [4.69, 9.17) is 16.3 Å². The first kappa shape index (κ1) is 21.5. The van der Waals surface area contributed by atoms with E-state index in [-0.39, 0.29) is 19.8 Å². The lowest BCUT2D eigenvalue weighted by Crippen LogP contribution is -2.39. The largest absolute Gasteiger partial charge is 0.493 e. The lowest BCUT2D eigenvalue weighted by molar-refractivity contribution is 0.0287. The van der Waals surface area contributed by atoms with Crippen molar-refractivity contribution >= 4 is 28.6 Å².